The van der Waals surface area contributed by atoms with Crippen molar-refractivity contribution in [2.45, 2.75) is 13.0 Å². The van der Waals surface area contributed by atoms with Gasteiger partial charge in [-0.1, -0.05) is 18.2 Å². The van der Waals surface area contributed by atoms with Crippen molar-refractivity contribution in [2.24, 2.45) is 0 Å². The number of fused-ring (bicyclic) bond motifs is 2. The van der Waals surface area contributed by atoms with Crippen LogP contribution in [-0.4, -0.2) is 30.8 Å². The Kier molecular flexibility index (Phi) is 6.02. The first kappa shape index (κ1) is 25.7. The quantitative estimate of drug-likeness (QED) is 0.281. The van der Waals surface area contributed by atoms with Gasteiger partial charge in [0.05, 0.1) is 16.5 Å². The van der Waals surface area contributed by atoms with Gasteiger partial charge >= 0.3 is 5.97 Å². The lowest BCUT2D eigenvalue weighted by atomic mass is 9.99. The number of aromatic carboxylic acids is 1. The lowest BCUT2D eigenvalue weighted by Gasteiger charge is -2.17. The number of rotatable bonds is 5. The van der Waals surface area contributed by atoms with Crippen LogP contribution in [-0.2, 0) is 0 Å². The van der Waals surface area contributed by atoms with Gasteiger partial charge in [0.2, 0.25) is 5.43 Å². The highest BCUT2D eigenvalue weighted by molar-refractivity contribution is 5.99. The Labute approximate surface area is 228 Å². The highest BCUT2D eigenvalue weighted by atomic mass is 19.1. The number of carboxylic acid groups (broad SMARTS) is 1. The third kappa shape index (κ3) is 4.16. The summed E-state index contributed by atoms with van der Waals surface area (Å²) >= 11 is 0. The van der Waals surface area contributed by atoms with Gasteiger partial charge in [0, 0.05) is 5.56 Å². The maximum absolute atomic E-state index is 15.2. The van der Waals surface area contributed by atoms with E-state index in [0.717, 1.165) is 18.2 Å². The maximum Gasteiger partial charge on any atom is 0.335 e. The SMILES string of the molecule is CC(c1oc2cccc(F)c2c(=O)c1-c1cccc(F)c1)n1nc(-c2ccc(C(=O)O)cc2F)c2c(N)ncnc21. The summed E-state index contributed by atoms with van der Waals surface area (Å²) in [5.41, 5.74) is 5.26. The molecule has 0 bridgehead atoms. The summed E-state index contributed by atoms with van der Waals surface area (Å²) < 4.78 is 51.6. The number of hydrogen-bond donors (Lipinski definition) is 2. The Morgan fingerprint density at radius 2 is 1.78 bits per heavy atom. The molecular formula is C29H18F3N5O4. The van der Waals surface area contributed by atoms with E-state index < -0.39 is 34.9 Å². The van der Waals surface area contributed by atoms with Crippen molar-refractivity contribution in [2.75, 3.05) is 5.73 Å². The molecule has 0 aliphatic heterocycles. The van der Waals surface area contributed by atoms with E-state index in [1.807, 2.05) is 0 Å². The highest BCUT2D eigenvalue weighted by Crippen LogP contribution is 2.37. The van der Waals surface area contributed by atoms with Crippen LogP contribution < -0.4 is 11.2 Å². The minimum atomic E-state index is -1.31. The van der Waals surface area contributed by atoms with Crippen LogP contribution >= 0.6 is 0 Å². The first-order chi connectivity index (χ1) is 19.7. The van der Waals surface area contributed by atoms with Crippen LogP contribution in [0.1, 0.15) is 29.1 Å². The van der Waals surface area contributed by atoms with E-state index in [-0.39, 0.29) is 61.5 Å². The topological polar surface area (TPSA) is 137 Å². The number of nitrogens with zero attached hydrogens (tertiary/aromatic N) is 4. The molecule has 1 unspecified atom stereocenters. The smallest absolute Gasteiger partial charge is 0.335 e. The Morgan fingerprint density at radius 1 is 1.00 bits per heavy atom. The van der Waals surface area contributed by atoms with Gasteiger partial charge in [0.1, 0.15) is 58.1 Å². The summed E-state index contributed by atoms with van der Waals surface area (Å²) in [7, 11) is 0. The minimum absolute atomic E-state index is 0.00790. The van der Waals surface area contributed by atoms with E-state index in [1.54, 1.807) is 6.92 Å². The molecule has 0 saturated carbocycles. The number of anilines is 1. The molecule has 0 fully saturated rings. The van der Waals surface area contributed by atoms with E-state index in [0.29, 0.717) is 0 Å². The van der Waals surface area contributed by atoms with Gasteiger partial charge in [-0.25, -0.2) is 32.6 Å². The molecule has 41 heavy (non-hydrogen) atoms. The lowest BCUT2D eigenvalue weighted by molar-refractivity contribution is 0.0696. The predicted octanol–water partition coefficient (Wildman–Crippen LogP) is 5.57. The minimum Gasteiger partial charge on any atom is -0.478 e. The van der Waals surface area contributed by atoms with Crippen molar-refractivity contribution in [1.82, 2.24) is 19.7 Å². The van der Waals surface area contributed by atoms with Crippen LogP contribution in [0, 0.1) is 17.5 Å². The van der Waals surface area contributed by atoms with E-state index in [1.165, 1.54) is 53.5 Å². The fourth-order valence-electron chi connectivity index (χ4n) is 4.83. The van der Waals surface area contributed by atoms with Gasteiger partial charge in [0.15, 0.2) is 5.65 Å². The van der Waals surface area contributed by atoms with Crippen LogP contribution in [0.3, 0.4) is 0 Å². The van der Waals surface area contributed by atoms with Gasteiger partial charge in [-0.15, -0.1) is 0 Å². The fourth-order valence-corrected chi connectivity index (χ4v) is 4.83. The van der Waals surface area contributed by atoms with Gasteiger partial charge in [-0.3, -0.25) is 4.79 Å². The summed E-state index contributed by atoms with van der Waals surface area (Å²) in [6.07, 6.45) is 1.18. The monoisotopic (exact) mass is 557 g/mol. The van der Waals surface area contributed by atoms with Crippen LogP contribution in [0.25, 0.3) is 44.4 Å². The van der Waals surface area contributed by atoms with E-state index >= 15 is 4.39 Å². The average Bonchev–Trinajstić information content (AvgIpc) is 3.33. The number of halogens is 3. The molecule has 0 aliphatic rings. The van der Waals surface area contributed by atoms with Crippen molar-refractivity contribution >= 4 is 33.8 Å². The number of carbonyl (C=O) groups is 1. The highest BCUT2D eigenvalue weighted by Gasteiger charge is 2.28. The average molecular weight is 557 g/mol. The molecule has 6 aromatic rings. The van der Waals surface area contributed by atoms with Gasteiger partial charge in [0.25, 0.3) is 0 Å². The van der Waals surface area contributed by atoms with Crippen LogP contribution in [0.2, 0.25) is 0 Å². The zero-order chi connectivity index (χ0) is 29.0. The number of hydrogen-bond acceptors (Lipinski definition) is 7. The second-order valence-corrected chi connectivity index (χ2v) is 9.22. The molecule has 0 spiro atoms. The van der Waals surface area contributed by atoms with Gasteiger partial charge in [-0.2, -0.15) is 5.10 Å². The molecule has 3 heterocycles. The first-order valence-corrected chi connectivity index (χ1v) is 12.2. The molecule has 6 rings (SSSR count). The molecular weight excluding hydrogens is 539 g/mol. The number of nitrogen functional groups attached to an aromatic ring is 1. The van der Waals surface area contributed by atoms with E-state index in [4.69, 9.17) is 10.2 Å². The van der Waals surface area contributed by atoms with Crippen LogP contribution in [0.4, 0.5) is 19.0 Å². The molecule has 12 heteroatoms. The van der Waals surface area contributed by atoms with E-state index in [9.17, 15) is 23.5 Å². The van der Waals surface area contributed by atoms with Crippen LogP contribution in [0.5, 0.6) is 0 Å². The third-order valence-electron chi connectivity index (χ3n) is 6.74. The molecule has 0 radical (unpaired) electrons. The second kappa shape index (κ2) is 9.59. The van der Waals surface area contributed by atoms with Crippen molar-refractivity contribution in [1.29, 1.82) is 0 Å². The number of nitrogens with two attached hydrogens (primary N) is 1. The number of carboxylic acids is 1. The van der Waals surface area contributed by atoms with Crippen LogP contribution in [0.15, 0.2) is 76.2 Å². The standard InChI is InChI=1S/C29H18F3N5O4/c1-13(26-21(14-4-2-5-16(30)10-14)25(38)22-18(31)6-3-7-20(22)41-26)37-28-23(27(33)34-12-35-28)24(36-37)17-9-8-15(29(39)40)11-19(17)32/h2-13H,1H3,(H,39,40)(H2,33,34,35). The van der Waals surface area contributed by atoms with Crippen molar-refractivity contribution in [3.63, 3.8) is 0 Å². The molecule has 0 aliphatic carbocycles. The maximum atomic E-state index is 15.2. The van der Waals surface area contributed by atoms with Gasteiger partial charge in [-0.05, 0) is 55.0 Å². The first-order valence-electron chi connectivity index (χ1n) is 12.2. The lowest BCUT2D eigenvalue weighted by Crippen LogP contribution is -2.17. The fraction of sp³-hybridized carbons (Fsp3) is 0.0690. The van der Waals surface area contributed by atoms with Crippen molar-refractivity contribution in [3.05, 3.63) is 106 Å². The molecule has 1 atom stereocenters. The molecule has 0 saturated heterocycles. The molecule has 3 aromatic carbocycles. The van der Waals surface area contributed by atoms with Gasteiger partial charge < -0.3 is 15.3 Å². The molecule has 3 aromatic heterocycles. The zero-order valence-corrected chi connectivity index (χ0v) is 21.1. The third-order valence-corrected chi connectivity index (χ3v) is 6.74. The number of aromatic nitrogens is 4. The van der Waals surface area contributed by atoms with E-state index in [2.05, 4.69) is 15.1 Å². The second-order valence-electron chi connectivity index (χ2n) is 9.22. The largest absolute Gasteiger partial charge is 0.478 e. The summed E-state index contributed by atoms with van der Waals surface area (Å²) in [6, 6.07) is 11.5. The Morgan fingerprint density at radius 3 is 2.51 bits per heavy atom. The zero-order valence-electron chi connectivity index (χ0n) is 21.1. The molecule has 0 amide bonds. The Bertz CT molecular complexity index is 2090. The molecule has 9 nitrogen and oxygen atoms in total. The summed E-state index contributed by atoms with van der Waals surface area (Å²) in [5, 5.41) is 13.6. The molecule has 3 N–H and O–H groups in total. The Balaban J connectivity index is 1.64. The normalized spacial score (nSPS) is 12.2. The molecule has 204 valence electrons. The predicted molar refractivity (Wildman–Crippen MR) is 144 cm³/mol. The summed E-state index contributed by atoms with van der Waals surface area (Å²) in [6.45, 7) is 1.62. The Hall–Kier alpha value is -5.52. The van der Waals surface area contributed by atoms with Crippen molar-refractivity contribution in [3.8, 4) is 22.4 Å². The summed E-state index contributed by atoms with van der Waals surface area (Å²) in [4.78, 5) is 33.3. The summed E-state index contributed by atoms with van der Waals surface area (Å²) in [5.74, 6) is -3.64. The number of benzene rings is 3. The van der Waals surface area contributed by atoms with Crippen molar-refractivity contribution < 1.29 is 27.5 Å².